The zero-order valence-corrected chi connectivity index (χ0v) is 28.7. The lowest BCUT2D eigenvalue weighted by molar-refractivity contribution is -0.370. The molecule has 0 atom stereocenters. The van der Waals surface area contributed by atoms with Gasteiger partial charge in [-0.05, 0) is 67.3 Å². The summed E-state index contributed by atoms with van der Waals surface area (Å²) >= 11 is 0. The van der Waals surface area contributed by atoms with Gasteiger partial charge in [-0.3, -0.25) is 9.59 Å². The number of carbonyl (C=O) groups excluding carboxylic acids is 2. The van der Waals surface area contributed by atoms with Crippen LogP contribution in [0, 0.1) is 0 Å². The molecule has 0 aliphatic carbocycles. The summed E-state index contributed by atoms with van der Waals surface area (Å²) in [4.78, 5) is 25.1. The monoisotopic (exact) mass is 636 g/mol. The van der Waals surface area contributed by atoms with Gasteiger partial charge in [-0.15, -0.1) is 0 Å². The molecule has 2 aromatic carbocycles. The first-order valence-corrected chi connectivity index (χ1v) is 17.5. The molecule has 0 amide bonds. The van der Waals surface area contributed by atoms with E-state index in [1.165, 1.54) is 63.5 Å². The van der Waals surface area contributed by atoms with E-state index in [0.717, 1.165) is 36.8 Å². The Morgan fingerprint density at radius 2 is 1.00 bits per heavy atom. The molecule has 0 spiro atoms. The topological polar surface area (TPSA) is 98.7 Å². The second-order valence-corrected chi connectivity index (χ2v) is 11.6. The van der Waals surface area contributed by atoms with E-state index < -0.39 is 0 Å². The summed E-state index contributed by atoms with van der Waals surface area (Å²) in [6.45, 7) is 9.28. The van der Waals surface area contributed by atoms with Gasteiger partial charge in [-0.25, -0.2) is 0 Å². The predicted molar refractivity (Wildman–Crippen MR) is 188 cm³/mol. The van der Waals surface area contributed by atoms with Crippen molar-refractivity contribution in [3.8, 4) is 23.0 Å². The Hall–Kier alpha value is -3.58. The van der Waals surface area contributed by atoms with E-state index in [1.54, 1.807) is 12.2 Å². The van der Waals surface area contributed by atoms with Crippen LogP contribution in [0.2, 0.25) is 0 Å². The molecular weight excluding hydrogens is 578 g/mol. The van der Waals surface area contributed by atoms with Crippen molar-refractivity contribution in [2.75, 3.05) is 33.0 Å². The van der Waals surface area contributed by atoms with Gasteiger partial charge in [0.1, 0.15) is 13.2 Å². The molecule has 2 aromatic rings. The highest BCUT2D eigenvalue weighted by Gasteiger charge is 2.09. The van der Waals surface area contributed by atoms with Crippen molar-refractivity contribution in [1.29, 1.82) is 0 Å². The van der Waals surface area contributed by atoms with Crippen LogP contribution < -0.4 is 24.7 Å². The maximum absolute atomic E-state index is 12.6. The molecule has 0 unspecified atom stereocenters. The normalized spacial score (nSPS) is 11.3. The third kappa shape index (κ3) is 16.6. The molecule has 0 aliphatic heterocycles. The largest absolute Gasteiger partial charge is 0.490 e. The lowest BCUT2D eigenvalue weighted by Crippen LogP contribution is -2.52. The molecule has 7 heteroatoms. The second-order valence-electron chi connectivity index (χ2n) is 11.6. The van der Waals surface area contributed by atoms with E-state index in [0.29, 0.717) is 56.0 Å². The minimum atomic E-state index is -0.272. The number of allylic oxidation sites excluding steroid dienone is 2. The lowest BCUT2D eigenvalue weighted by Gasteiger charge is -2.13. The van der Waals surface area contributed by atoms with E-state index in [9.17, 15) is 9.59 Å². The SMILES string of the molecule is CCCCCCCCOc1ccc(/C=C/C(=O)CC(=O)/C=C/c2ccc(OCCCCCCCC)c(OCC[NH3+])c2)cc1OCC. The zero-order chi connectivity index (χ0) is 33.2. The van der Waals surface area contributed by atoms with Gasteiger partial charge in [0.2, 0.25) is 0 Å². The van der Waals surface area contributed by atoms with Gasteiger partial charge in [0.25, 0.3) is 0 Å². The molecule has 254 valence electrons. The number of ketones is 2. The van der Waals surface area contributed by atoms with Crippen molar-refractivity contribution in [2.45, 2.75) is 104 Å². The maximum Gasteiger partial charge on any atom is 0.163 e. The number of benzene rings is 2. The van der Waals surface area contributed by atoms with E-state index in [2.05, 4.69) is 19.6 Å². The fraction of sp³-hybridized carbons (Fsp3) is 0.538. The summed E-state index contributed by atoms with van der Waals surface area (Å²) in [5, 5.41) is 0. The average molecular weight is 637 g/mol. The molecule has 0 saturated carbocycles. The molecule has 0 fully saturated rings. The minimum Gasteiger partial charge on any atom is -0.490 e. The van der Waals surface area contributed by atoms with Crippen LogP contribution in [0.4, 0.5) is 0 Å². The van der Waals surface area contributed by atoms with Crippen LogP contribution in [0.5, 0.6) is 23.0 Å². The molecule has 0 heterocycles. The molecule has 0 saturated heterocycles. The molecule has 7 nitrogen and oxygen atoms in total. The predicted octanol–water partition coefficient (Wildman–Crippen LogP) is 8.44. The van der Waals surface area contributed by atoms with Gasteiger partial charge >= 0.3 is 0 Å². The zero-order valence-electron chi connectivity index (χ0n) is 28.7. The van der Waals surface area contributed by atoms with Crippen LogP contribution in [-0.2, 0) is 9.59 Å². The Bertz CT molecular complexity index is 1200. The molecule has 0 aromatic heterocycles. The highest BCUT2D eigenvalue weighted by atomic mass is 16.5. The summed E-state index contributed by atoms with van der Waals surface area (Å²) in [5.41, 5.74) is 5.45. The third-order valence-corrected chi connectivity index (χ3v) is 7.42. The van der Waals surface area contributed by atoms with E-state index >= 15 is 0 Å². The van der Waals surface area contributed by atoms with E-state index in [-0.39, 0.29) is 18.0 Å². The average Bonchev–Trinajstić information content (AvgIpc) is 3.06. The van der Waals surface area contributed by atoms with Crippen LogP contribution >= 0.6 is 0 Å². The molecular formula is C39H58NO6+. The first-order valence-electron chi connectivity index (χ1n) is 17.5. The Morgan fingerprint density at radius 3 is 1.46 bits per heavy atom. The summed E-state index contributed by atoms with van der Waals surface area (Å²) in [7, 11) is 0. The molecule has 2 rings (SSSR count). The lowest BCUT2D eigenvalue weighted by atomic mass is 10.1. The number of hydrogen-bond donors (Lipinski definition) is 1. The number of carbonyl (C=O) groups is 2. The quantitative estimate of drug-likeness (QED) is 0.0600. The van der Waals surface area contributed by atoms with Crippen molar-refractivity contribution < 1.29 is 34.3 Å². The van der Waals surface area contributed by atoms with Gasteiger partial charge < -0.3 is 24.7 Å². The van der Waals surface area contributed by atoms with Gasteiger partial charge in [0, 0.05) is 0 Å². The van der Waals surface area contributed by atoms with Gasteiger partial charge in [0.05, 0.1) is 26.2 Å². The van der Waals surface area contributed by atoms with Gasteiger partial charge in [-0.1, -0.05) is 102 Å². The fourth-order valence-electron chi connectivity index (χ4n) is 4.86. The first kappa shape index (κ1) is 38.6. The van der Waals surface area contributed by atoms with Crippen molar-refractivity contribution in [3.05, 3.63) is 59.7 Å². The number of hydrogen-bond acceptors (Lipinski definition) is 6. The number of unbranched alkanes of at least 4 members (excludes halogenated alkanes) is 10. The van der Waals surface area contributed by atoms with Crippen LogP contribution in [-0.4, -0.2) is 44.5 Å². The number of rotatable bonds is 27. The van der Waals surface area contributed by atoms with Crippen molar-refractivity contribution >= 4 is 23.7 Å². The Labute approximate surface area is 277 Å². The summed E-state index contributed by atoms with van der Waals surface area (Å²) in [5.74, 6) is 2.14. The van der Waals surface area contributed by atoms with Crippen LogP contribution in [0.15, 0.2) is 48.6 Å². The summed E-state index contributed by atoms with van der Waals surface area (Å²) < 4.78 is 23.6. The van der Waals surface area contributed by atoms with E-state index in [4.69, 9.17) is 18.9 Å². The Balaban J connectivity index is 1.89. The highest BCUT2D eigenvalue weighted by Crippen LogP contribution is 2.30. The van der Waals surface area contributed by atoms with Gasteiger partial charge in [0.15, 0.2) is 34.6 Å². The standard InChI is InChI=1S/C39H57NO6/c1-4-7-9-11-13-15-26-44-36-23-19-32(29-38(36)43-6-3)17-21-34(41)31-35(42)22-18-33-20-24-37(39(30-33)46-28-25-40)45-27-16-14-12-10-8-5-2/h17-24,29-30H,4-16,25-28,31,40H2,1-3H3/p+1/b21-17+,22-18+. The van der Waals surface area contributed by atoms with Gasteiger partial charge in [-0.2, -0.15) is 0 Å². The van der Waals surface area contributed by atoms with Crippen molar-refractivity contribution in [2.24, 2.45) is 0 Å². The Morgan fingerprint density at radius 1 is 0.565 bits per heavy atom. The molecule has 46 heavy (non-hydrogen) atoms. The van der Waals surface area contributed by atoms with Crippen molar-refractivity contribution in [1.82, 2.24) is 0 Å². The first-order chi connectivity index (χ1) is 22.5. The molecule has 0 aliphatic rings. The smallest absolute Gasteiger partial charge is 0.163 e. The molecule has 0 bridgehead atoms. The van der Waals surface area contributed by atoms with Crippen LogP contribution in [0.3, 0.4) is 0 Å². The maximum atomic E-state index is 12.6. The summed E-state index contributed by atoms with van der Waals surface area (Å²) in [6.07, 6.45) is 20.5. The van der Waals surface area contributed by atoms with E-state index in [1.807, 2.05) is 43.3 Å². The second kappa shape index (κ2) is 24.6. The fourth-order valence-corrected chi connectivity index (χ4v) is 4.86. The van der Waals surface area contributed by atoms with Crippen LogP contribution in [0.25, 0.3) is 12.2 Å². The molecule has 0 radical (unpaired) electrons. The highest BCUT2D eigenvalue weighted by molar-refractivity contribution is 6.10. The number of quaternary nitrogens is 1. The van der Waals surface area contributed by atoms with Crippen molar-refractivity contribution in [3.63, 3.8) is 0 Å². The minimum absolute atomic E-state index is 0.213. The third-order valence-electron chi connectivity index (χ3n) is 7.42. The number of ether oxygens (including phenoxy) is 4. The Kier molecular flexibility index (Phi) is 20.7. The molecule has 3 N–H and O–H groups in total. The summed E-state index contributed by atoms with van der Waals surface area (Å²) in [6, 6.07) is 11.2. The van der Waals surface area contributed by atoms with Crippen LogP contribution in [0.1, 0.15) is 115 Å².